The van der Waals surface area contributed by atoms with Crippen molar-refractivity contribution in [1.29, 1.82) is 0 Å². The minimum atomic E-state index is -3.74. The highest BCUT2D eigenvalue weighted by Gasteiger charge is 2.11. The van der Waals surface area contributed by atoms with Crippen LogP contribution in [0.25, 0.3) is 10.6 Å². The van der Waals surface area contributed by atoms with Gasteiger partial charge in [0.15, 0.2) is 0 Å². The van der Waals surface area contributed by atoms with E-state index in [9.17, 15) is 13.2 Å². The molecule has 25 heavy (non-hydrogen) atoms. The van der Waals surface area contributed by atoms with Gasteiger partial charge in [0.05, 0.1) is 17.0 Å². The van der Waals surface area contributed by atoms with Gasteiger partial charge in [0.25, 0.3) is 0 Å². The van der Waals surface area contributed by atoms with Gasteiger partial charge >= 0.3 is 0 Å². The van der Waals surface area contributed by atoms with Crippen molar-refractivity contribution in [2.24, 2.45) is 5.14 Å². The summed E-state index contributed by atoms with van der Waals surface area (Å²) in [4.78, 5) is 16.6. The number of hydrogen-bond acceptors (Lipinski definition) is 5. The van der Waals surface area contributed by atoms with Gasteiger partial charge in [-0.25, -0.2) is 18.5 Å². The Morgan fingerprint density at radius 3 is 2.40 bits per heavy atom. The summed E-state index contributed by atoms with van der Waals surface area (Å²) in [7, 11) is -3.74. The number of rotatable bonds is 5. The third kappa shape index (κ3) is 4.50. The topological polar surface area (TPSA) is 102 Å². The van der Waals surface area contributed by atoms with Crippen LogP contribution in [0, 0.1) is 0 Å². The Morgan fingerprint density at radius 1 is 1.08 bits per heavy atom. The zero-order valence-corrected chi connectivity index (χ0v) is 14.7. The van der Waals surface area contributed by atoms with Gasteiger partial charge in [-0.2, -0.15) is 0 Å². The number of nitrogens with one attached hydrogen (secondary N) is 1. The Morgan fingerprint density at radius 2 is 1.76 bits per heavy atom. The van der Waals surface area contributed by atoms with Gasteiger partial charge < -0.3 is 5.32 Å². The minimum absolute atomic E-state index is 0.00231. The highest BCUT2D eigenvalue weighted by molar-refractivity contribution is 7.89. The summed E-state index contributed by atoms with van der Waals surface area (Å²) >= 11 is 1.48. The van der Waals surface area contributed by atoms with Gasteiger partial charge in [0.2, 0.25) is 15.9 Å². The maximum atomic E-state index is 12.1. The predicted octanol–water partition coefficient (Wildman–Crippen LogP) is 2.64. The molecule has 0 radical (unpaired) electrons. The van der Waals surface area contributed by atoms with Crippen LogP contribution in [0.5, 0.6) is 0 Å². The van der Waals surface area contributed by atoms with Gasteiger partial charge in [-0.15, -0.1) is 11.3 Å². The molecule has 0 aliphatic rings. The number of aromatic nitrogens is 1. The SMILES string of the molecule is NS(=O)(=O)c1ccc(NC(=O)Cc2csc(-c3ccccc3)n2)cc1. The Hall–Kier alpha value is -2.55. The Balaban J connectivity index is 1.64. The first-order chi connectivity index (χ1) is 11.9. The van der Waals surface area contributed by atoms with E-state index in [-0.39, 0.29) is 17.2 Å². The molecule has 0 unspecified atom stereocenters. The molecular formula is C17H15N3O3S2. The van der Waals surface area contributed by atoms with Crippen molar-refractivity contribution in [1.82, 2.24) is 4.98 Å². The van der Waals surface area contributed by atoms with Gasteiger partial charge in [-0.3, -0.25) is 4.79 Å². The third-order valence-electron chi connectivity index (χ3n) is 3.38. The lowest BCUT2D eigenvalue weighted by Gasteiger charge is -2.05. The number of primary sulfonamides is 1. The second kappa shape index (κ2) is 7.14. The van der Waals surface area contributed by atoms with Crippen LogP contribution in [-0.4, -0.2) is 19.3 Å². The van der Waals surface area contributed by atoms with E-state index in [1.165, 1.54) is 35.6 Å². The minimum Gasteiger partial charge on any atom is -0.326 e. The van der Waals surface area contributed by atoms with Crippen molar-refractivity contribution in [3.05, 3.63) is 65.7 Å². The van der Waals surface area contributed by atoms with Crippen molar-refractivity contribution in [3.63, 3.8) is 0 Å². The molecule has 6 nitrogen and oxygen atoms in total. The molecule has 0 saturated carbocycles. The third-order valence-corrected chi connectivity index (χ3v) is 5.25. The number of carbonyl (C=O) groups is 1. The Bertz CT molecular complexity index is 981. The molecule has 0 fully saturated rings. The summed E-state index contributed by atoms with van der Waals surface area (Å²) in [5.41, 5.74) is 2.19. The predicted molar refractivity (Wildman–Crippen MR) is 97.7 cm³/mol. The van der Waals surface area contributed by atoms with Gasteiger partial charge in [-0.1, -0.05) is 30.3 Å². The van der Waals surface area contributed by atoms with E-state index in [0.29, 0.717) is 11.4 Å². The van der Waals surface area contributed by atoms with Gasteiger partial charge in [-0.05, 0) is 24.3 Å². The molecule has 0 saturated heterocycles. The Kier molecular flexibility index (Phi) is 4.93. The highest BCUT2D eigenvalue weighted by atomic mass is 32.2. The van der Waals surface area contributed by atoms with Crippen molar-refractivity contribution in [2.75, 3.05) is 5.32 Å². The zero-order chi connectivity index (χ0) is 17.9. The number of nitrogens with two attached hydrogens (primary N) is 1. The molecule has 3 rings (SSSR count). The summed E-state index contributed by atoms with van der Waals surface area (Å²) in [5, 5.41) is 10.5. The van der Waals surface area contributed by atoms with Crippen LogP contribution >= 0.6 is 11.3 Å². The normalized spacial score (nSPS) is 11.2. The summed E-state index contributed by atoms with van der Waals surface area (Å²) in [5.74, 6) is -0.228. The molecule has 1 heterocycles. The summed E-state index contributed by atoms with van der Waals surface area (Å²) in [6.07, 6.45) is 0.139. The van der Waals surface area contributed by atoms with Crippen molar-refractivity contribution in [3.8, 4) is 10.6 Å². The molecule has 3 aromatic rings. The van der Waals surface area contributed by atoms with Crippen molar-refractivity contribution < 1.29 is 13.2 Å². The first kappa shape index (κ1) is 17.3. The molecule has 2 aromatic carbocycles. The molecule has 0 spiro atoms. The standard InChI is InChI=1S/C17H15N3O3S2/c18-25(22,23)15-8-6-13(7-9-15)19-16(21)10-14-11-24-17(20-14)12-4-2-1-3-5-12/h1-9,11H,10H2,(H,19,21)(H2,18,22,23). The number of benzene rings is 2. The number of thiazole rings is 1. The van der Waals surface area contributed by atoms with Crippen LogP contribution in [0.15, 0.2) is 64.9 Å². The summed E-state index contributed by atoms with van der Waals surface area (Å²) < 4.78 is 22.4. The van der Waals surface area contributed by atoms with Crippen molar-refractivity contribution >= 4 is 33.0 Å². The van der Waals surface area contributed by atoms with E-state index >= 15 is 0 Å². The van der Waals surface area contributed by atoms with Crippen LogP contribution in [0.1, 0.15) is 5.69 Å². The van der Waals surface area contributed by atoms with E-state index in [0.717, 1.165) is 10.6 Å². The quantitative estimate of drug-likeness (QED) is 0.718. The maximum Gasteiger partial charge on any atom is 0.238 e. The fourth-order valence-electron chi connectivity index (χ4n) is 2.20. The lowest BCUT2D eigenvalue weighted by molar-refractivity contribution is -0.115. The fraction of sp³-hybridized carbons (Fsp3) is 0.0588. The lowest BCUT2D eigenvalue weighted by atomic mass is 10.2. The number of carbonyl (C=O) groups excluding carboxylic acids is 1. The van der Waals surface area contributed by atoms with Crippen LogP contribution < -0.4 is 10.5 Å². The molecule has 0 atom stereocenters. The number of hydrogen-bond donors (Lipinski definition) is 2. The summed E-state index contributed by atoms with van der Waals surface area (Å²) in [6, 6.07) is 15.4. The second-order valence-electron chi connectivity index (χ2n) is 5.30. The van der Waals surface area contributed by atoms with Gasteiger partial charge in [0, 0.05) is 16.6 Å². The number of nitrogens with zero attached hydrogens (tertiary/aromatic N) is 1. The average Bonchev–Trinajstić information content (AvgIpc) is 3.03. The van der Waals surface area contributed by atoms with E-state index in [1.54, 1.807) is 0 Å². The highest BCUT2D eigenvalue weighted by Crippen LogP contribution is 2.23. The smallest absolute Gasteiger partial charge is 0.238 e. The molecule has 8 heteroatoms. The fourth-order valence-corrected chi connectivity index (χ4v) is 3.54. The summed E-state index contributed by atoms with van der Waals surface area (Å²) in [6.45, 7) is 0. The number of anilines is 1. The van der Waals surface area contributed by atoms with Crippen molar-refractivity contribution in [2.45, 2.75) is 11.3 Å². The zero-order valence-electron chi connectivity index (χ0n) is 13.0. The van der Waals surface area contributed by atoms with Crippen LogP contribution in [-0.2, 0) is 21.2 Å². The lowest BCUT2D eigenvalue weighted by Crippen LogP contribution is -2.15. The van der Waals surface area contributed by atoms with Crippen LogP contribution in [0.4, 0.5) is 5.69 Å². The molecule has 0 aliphatic heterocycles. The Labute approximate surface area is 149 Å². The van der Waals surface area contributed by atoms with Gasteiger partial charge in [0.1, 0.15) is 5.01 Å². The van der Waals surface area contributed by atoms with E-state index in [1.807, 2.05) is 35.7 Å². The first-order valence-electron chi connectivity index (χ1n) is 7.34. The average molecular weight is 373 g/mol. The van der Waals surface area contributed by atoms with Crippen LogP contribution in [0.2, 0.25) is 0 Å². The van der Waals surface area contributed by atoms with E-state index in [2.05, 4.69) is 10.3 Å². The molecule has 0 bridgehead atoms. The molecule has 0 aliphatic carbocycles. The molecule has 1 amide bonds. The second-order valence-corrected chi connectivity index (χ2v) is 7.72. The molecule has 3 N–H and O–H groups in total. The molecule has 128 valence electrons. The first-order valence-corrected chi connectivity index (χ1v) is 9.77. The maximum absolute atomic E-state index is 12.1. The largest absolute Gasteiger partial charge is 0.326 e. The number of sulfonamides is 1. The molecule has 1 aromatic heterocycles. The van der Waals surface area contributed by atoms with E-state index < -0.39 is 10.0 Å². The van der Waals surface area contributed by atoms with E-state index in [4.69, 9.17) is 5.14 Å². The monoisotopic (exact) mass is 373 g/mol. The number of amides is 1. The van der Waals surface area contributed by atoms with Crippen LogP contribution in [0.3, 0.4) is 0 Å². The molecular weight excluding hydrogens is 358 g/mol.